The van der Waals surface area contributed by atoms with Crippen LogP contribution in [0.15, 0.2) is 12.1 Å². The number of benzene rings is 1. The van der Waals surface area contributed by atoms with Crippen LogP contribution in [-0.2, 0) is 0 Å². The van der Waals surface area contributed by atoms with E-state index >= 15 is 0 Å². The zero-order valence-electron chi connectivity index (χ0n) is 8.96. The molecule has 0 radical (unpaired) electrons. The van der Waals surface area contributed by atoms with Crippen molar-refractivity contribution < 1.29 is 9.47 Å². The van der Waals surface area contributed by atoms with Crippen LogP contribution in [0.5, 0.6) is 11.5 Å². The molecule has 0 spiro atoms. The molecule has 2 N–H and O–H groups in total. The van der Waals surface area contributed by atoms with Gasteiger partial charge in [-0.25, -0.2) is 0 Å². The van der Waals surface area contributed by atoms with Crippen molar-refractivity contribution in [2.75, 3.05) is 20.3 Å². The largest absolute Gasteiger partial charge is 0.496 e. The van der Waals surface area contributed by atoms with Crippen LogP contribution in [0.4, 0.5) is 0 Å². The van der Waals surface area contributed by atoms with Gasteiger partial charge in [-0.3, -0.25) is 0 Å². The molecule has 1 aromatic rings. The standard InChI is InChI=1S/C11H17NO2/c1-8-9(2)11(14-7-6-12)5-4-10(8)13-3/h4-5H,6-7,12H2,1-3H3. The molecule has 0 aliphatic rings. The Kier molecular flexibility index (Phi) is 3.77. The van der Waals surface area contributed by atoms with Crippen molar-refractivity contribution >= 4 is 0 Å². The molecule has 0 amide bonds. The van der Waals surface area contributed by atoms with Gasteiger partial charge in [0.05, 0.1) is 7.11 Å². The molecule has 0 aliphatic heterocycles. The Hall–Kier alpha value is -1.22. The van der Waals surface area contributed by atoms with Gasteiger partial charge in [-0.05, 0) is 37.1 Å². The average Bonchev–Trinajstić information content (AvgIpc) is 2.20. The van der Waals surface area contributed by atoms with Gasteiger partial charge < -0.3 is 15.2 Å². The summed E-state index contributed by atoms with van der Waals surface area (Å²) in [7, 11) is 1.67. The average molecular weight is 195 g/mol. The normalized spacial score (nSPS) is 10.0. The molecule has 78 valence electrons. The van der Waals surface area contributed by atoms with E-state index in [1.54, 1.807) is 7.11 Å². The van der Waals surface area contributed by atoms with Gasteiger partial charge in [0.15, 0.2) is 0 Å². The Morgan fingerprint density at radius 2 is 1.71 bits per heavy atom. The molecule has 1 rings (SSSR count). The van der Waals surface area contributed by atoms with Crippen LogP contribution < -0.4 is 15.2 Å². The predicted octanol–water partition coefficient (Wildman–Crippen LogP) is 1.65. The summed E-state index contributed by atoms with van der Waals surface area (Å²) in [5, 5.41) is 0. The van der Waals surface area contributed by atoms with E-state index in [2.05, 4.69) is 0 Å². The maximum Gasteiger partial charge on any atom is 0.122 e. The van der Waals surface area contributed by atoms with Gasteiger partial charge in [0.25, 0.3) is 0 Å². The number of hydrogen-bond acceptors (Lipinski definition) is 3. The van der Waals surface area contributed by atoms with E-state index in [1.807, 2.05) is 26.0 Å². The minimum atomic E-state index is 0.532. The zero-order chi connectivity index (χ0) is 10.6. The van der Waals surface area contributed by atoms with Crippen molar-refractivity contribution in [2.45, 2.75) is 13.8 Å². The lowest BCUT2D eigenvalue weighted by Gasteiger charge is -2.12. The van der Waals surface area contributed by atoms with Crippen LogP contribution in [-0.4, -0.2) is 20.3 Å². The van der Waals surface area contributed by atoms with Crippen LogP contribution in [0, 0.1) is 13.8 Å². The van der Waals surface area contributed by atoms with Crippen LogP contribution >= 0.6 is 0 Å². The summed E-state index contributed by atoms with van der Waals surface area (Å²) in [6.45, 7) is 5.12. The maximum atomic E-state index is 5.49. The minimum absolute atomic E-state index is 0.532. The third-order valence-corrected chi connectivity index (χ3v) is 2.28. The zero-order valence-corrected chi connectivity index (χ0v) is 8.96. The minimum Gasteiger partial charge on any atom is -0.496 e. The van der Waals surface area contributed by atoms with Crippen molar-refractivity contribution in [3.8, 4) is 11.5 Å². The number of rotatable bonds is 4. The fourth-order valence-corrected chi connectivity index (χ4v) is 1.32. The summed E-state index contributed by atoms with van der Waals surface area (Å²) in [6.07, 6.45) is 0. The molecule has 1 aromatic carbocycles. The molecule has 0 aromatic heterocycles. The maximum absolute atomic E-state index is 5.49. The van der Waals surface area contributed by atoms with E-state index in [0.717, 1.165) is 22.6 Å². The van der Waals surface area contributed by atoms with Gasteiger partial charge in [-0.1, -0.05) is 0 Å². The third-order valence-electron chi connectivity index (χ3n) is 2.28. The molecule has 3 nitrogen and oxygen atoms in total. The van der Waals surface area contributed by atoms with Crippen molar-refractivity contribution in [2.24, 2.45) is 5.73 Å². The summed E-state index contributed by atoms with van der Waals surface area (Å²) >= 11 is 0. The van der Waals surface area contributed by atoms with E-state index in [1.165, 1.54) is 0 Å². The molecular formula is C11H17NO2. The molecule has 0 fully saturated rings. The van der Waals surface area contributed by atoms with Crippen molar-refractivity contribution in [1.82, 2.24) is 0 Å². The Bertz CT molecular complexity index is 310. The molecular weight excluding hydrogens is 178 g/mol. The Morgan fingerprint density at radius 1 is 1.14 bits per heavy atom. The third kappa shape index (κ3) is 2.17. The number of nitrogens with two attached hydrogens (primary N) is 1. The fraction of sp³-hybridized carbons (Fsp3) is 0.455. The van der Waals surface area contributed by atoms with Gasteiger partial charge in [0.2, 0.25) is 0 Å². The van der Waals surface area contributed by atoms with Gasteiger partial charge in [0.1, 0.15) is 18.1 Å². The number of methoxy groups -OCH3 is 1. The van der Waals surface area contributed by atoms with Crippen LogP contribution in [0.3, 0.4) is 0 Å². The second-order valence-corrected chi connectivity index (χ2v) is 3.15. The summed E-state index contributed by atoms with van der Waals surface area (Å²) < 4.78 is 10.7. The Labute approximate surface area is 84.8 Å². The van der Waals surface area contributed by atoms with E-state index in [4.69, 9.17) is 15.2 Å². The molecule has 0 saturated heterocycles. The second-order valence-electron chi connectivity index (χ2n) is 3.15. The monoisotopic (exact) mass is 195 g/mol. The summed E-state index contributed by atoms with van der Waals surface area (Å²) in [5.41, 5.74) is 7.59. The molecule has 0 atom stereocenters. The molecule has 14 heavy (non-hydrogen) atoms. The lowest BCUT2D eigenvalue weighted by atomic mass is 10.1. The highest BCUT2D eigenvalue weighted by Crippen LogP contribution is 2.28. The summed E-state index contributed by atoms with van der Waals surface area (Å²) in [6, 6.07) is 3.82. The van der Waals surface area contributed by atoms with Crippen LogP contribution in [0.2, 0.25) is 0 Å². The quantitative estimate of drug-likeness (QED) is 0.794. The second kappa shape index (κ2) is 4.86. The van der Waals surface area contributed by atoms with Crippen LogP contribution in [0.1, 0.15) is 11.1 Å². The van der Waals surface area contributed by atoms with Crippen molar-refractivity contribution in [1.29, 1.82) is 0 Å². The summed E-state index contributed by atoms with van der Waals surface area (Å²) in [5.74, 6) is 1.77. The van der Waals surface area contributed by atoms with Crippen LogP contribution in [0.25, 0.3) is 0 Å². The van der Waals surface area contributed by atoms with Gasteiger partial charge in [-0.2, -0.15) is 0 Å². The lowest BCUT2D eigenvalue weighted by molar-refractivity contribution is 0.324. The lowest BCUT2D eigenvalue weighted by Crippen LogP contribution is -2.11. The molecule has 0 saturated carbocycles. The van der Waals surface area contributed by atoms with Crippen molar-refractivity contribution in [3.63, 3.8) is 0 Å². The Morgan fingerprint density at radius 3 is 2.29 bits per heavy atom. The smallest absolute Gasteiger partial charge is 0.122 e. The molecule has 0 bridgehead atoms. The van der Waals surface area contributed by atoms with Crippen molar-refractivity contribution in [3.05, 3.63) is 23.3 Å². The van der Waals surface area contributed by atoms with E-state index < -0.39 is 0 Å². The highest BCUT2D eigenvalue weighted by Gasteiger charge is 2.06. The predicted molar refractivity (Wildman–Crippen MR) is 57.0 cm³/mol. The first-order valence-corrected chi connectivity index (χ1v) is 4.67. The first-order chi connectivity index (χ1) is 6.70. The molecule has 0 aliphatic carbocycles. The highest BCUT2D eigenvalue weighted by atomic mass is 16.5. The fourth-order valence-electron chi connectivity index (χ4n) is 1.32. The first-order valence-electron chi connectivity index (χ1n) is 4.67. The Balaban J connectivity index is 2.92. The highest BCUT2D eigenvalue weighted by molar-refractivity contribution is 5.47. The molecule has 3 heteroatoms. The number of hydrogen-bond donors (Lipinski definition) is 1. The topological polar surface area (TPSA) is 44.5 Å². The first kappa shape index (κ1) is 10.9. The molecule has 0 heterocycles. The SMILES string of the molecule is COc1ccc(OCCN)c(C)c1C. The van der Waals surface area contributed by atoms with Gasteiger partial charge >= 0.3 is 0 Å². The molecule has 0 unspecified atom stereocenters. The van der Waals surface area contributed by atoms with E-state index in [0.29, 0.717) is 13.2 Å². The summed E-state index contributed by atoms with van der Waals surface area (Å²) in [4.78, 5) is 0. The number of ether oxygens (including phenoxy) is 2. The van der Waals surface area contributed by atoms with E-state index in [9.17, 15) is 0 Å². The van der Waals surface area contributed by atoms with E-state index in [-0.39, 0.29) is 0 Å². The van der Waals surface area contributed by atoms with Gasteiger partial charge in [-0.15, -0.1) is 0 Å². The van der Waals surface area contributed by atoms with Gasteiger partial charge in [0, 0.05) is 6.54 Å².